The van der Waals surface area contributed by atoms with Crippen molar-refractivity contribution in [2.45, 2.75) is 83.0 Å². The third-order valence-electron chi connectivity index (χ3n) is 6.27. The fraction of sp³-hybridized carbons (Fsp3) is 0.667. The Morgan fingerprint density at radius 1 is 1.03 bits per heavy atom. The lowest BCUT2D eigenvalue weighted by Gasteiger charge is -2.26. The molecule has 15 heteroatoms. The van der Waals surface area contributed by atoms with Crippen LogP contribution in [0.25, 0.3) is 0 Å². The molecule has 0 spiro atoms. The van der Waals surface area contributed by atoms with E-state index in [0.29, 0.717) is 37.9 Å². The van der Waals surface area contributed by atoms with Crippen LogP contribution >= 0.6 is 0 Å². The molecule has 0 aliphatic heterocycles. The molecule has 1 aromatic rings. The van der Waals surface area contributed by atoms with Gasteiger partial charge in [-0.05, 0) is 44.6 Å². The van der Waals surface area contributed by atoms with Crippen LogP contribution in [0.15, 0.2) is 17.5 Å². The highest BCUT2D eigenvalue weighted by molar-refractivity contribution is 5.94. The average Bonchev–Trinajstić information content (AvgIpc) is 3.40. The van der Waals surface area contributed by atoms with Crippen LogP contribution in [0.1, 0.15) is 58.1 Å². The number of hydrogen-bond donors (Lipinski definition) is 9. The molecule has 1 rings (SSSR count). The van der Waals surface area contributed by atoms with Crippen molar-refractivity contribution in [3.8, 4) is 0 Å². The molecule has 39 heavy (non-hydrogen) atoms. The quantitative estimate of drug-likeness (QED) is 0.0519. The van der Waals surface area contributed by atoms with E-state index in [4.69, 9.17) is 22.9 Å². The Labute approximate surface area is 228 Å². The Bertz CT molecular complexity index is 936. The minimum atomic E-state index is -1.18. The molecular weight excluding hydrogens is 508 g/mol. The maximum Gasteiger partial charge on any atom is 0.326 e. The van der Waals surface area contributed by atoms with Crippen molar-refractivity contribution in [2.75, 3.05) is 13.1 Å². The zero-order valence-corrected chi connectivity index (χ0v) is 22.7. The Balaban J connectivity index is 3.03. The van der Waals surface area contributed by atoms with E-state index in [0.717, 1.165) is 0 Å². The topological polar surface area (TPSA) is 270 Å². The second-order valence-electron chi connectivity index (χ2n) is 9.45. The Morgan fingerprint density at radius 2 is 1.64 bits per heavy atom. The number of carboxylic acid groups (broad SMARTS) is 1. The van der Waals surface area contributed by atoms with Crippen LogP contribution in [0, 0.1) is 5.92 Å². The fourth-order valence-corrected chi connectivity index (χ4v) is 3.75. The molecule has 15 nitrogen and oxygen atoms in total. The molecule has 0 fully saturated rings. The number of amides is 3. The molecule has 0 aliphatic rings. The number of nitrogens with zero attached hydrogens (tertiary/aromatic N) is 2. The number of aromatic amines is 1. The van der Waals surface area contributed by atoms with Gasteiger partial charge in [-0.3, -0.25) is 19.4 Å². The molecule has 0 saturated heterocycles. The predicted molar refractivity (Wildman–Crippen MR) is 146 cm³/mol. The van der Waals surface area contributed by atoms with Gasteiger partial charge >= 0.3 is 5.97 Å². The van der Waals surface area contributed by atoms with E-state index >= 15 is 0 Å². The third-order valence-corrected chi connectivity index (χ3v) is 6.27. The fourth-order valence-electron chi connectivity index (χ4n) is 3.75. The van der Waals surface area contributed by atoms with Crippen LogP contribution in [0.4, 0.5) is 0 Å². The highest BCUT2D eigenvalue weighted by atomic mass is 16.4. The van der Waals surface area contributed by atoms with Gasteiger partial charge in [0.1, 0.15) is 18.1 Å². The summed E-state index contributed by atoms with van der Waals surface area (Å²) in [6, 6.07) is -4.17. The van der Waals surface area contributed by atoms with Crippen LogP contribution in [0.3, 0.4) is 0 Å². The minimum Gasteiger partial charge on any atom is -0.480 e. The van der Waals surface area contributed by atoms with Crippen LogP contribution in [0.2, 0.25) is 0 Å². The first-order chi connectivity index (χ1) is 18.5. The number of guanidine groups is 1. The summed E-state index contributed by atoms with van der Waals surface area (Å²) in [4.78, 5) is 61.6. The number of rotatable bonds is 19. The summed E-state index contributed by atoms with van der Waals surface area (Å²) in [5.74, 6) is -3.45. The molecule has 1 aromatic heterocycles. The highest BCUT2D eigenvalue weighted by Crippen LogP contribution is 2.10. The van der Waals surface area contributed by atoms with Crippen molar-refractivity contribution in [3.63, 3.8) is 0 Å². The van der Waals surface area contributed by atoms with E-state index in [9.17, 15) is 24.3 Å². The molecule has 1 heterocycles. The van der Waals surface area contributed by atoms with Crippen LogP contribution in [-0.2, 0) is 25.6 Å². The number of hydrogen-bond acceptors (Lipinski definition) is 8. The summed E-state index contributed by atoms with van der Waals surface area (Å²) in [5, 5.41) is 17.5. The number of aliphatic imine (C=N–C) groups is 1. The van der Waals surface area contributed by atoms with Crippen LogP contribution in [-0.4, -0.2) is 82.0 Å². The first-order valence-electron chi connectivity index (χ1n) is 13.1. The molecule has 0 aromatic carbocycles. The van der Waals surface area contributed by atoms with E-state index in [-0.39, 0.29) is 37.7 Å². The largest absolute Gasteiger partial charge is 0.480 e. The number of nitrogens with two attached hydrogens (primary N) is 4. The Kier molecular flexibility index (Phi) is 15.1. The number of nitrogens with one attached hydrogen (secondary N) is 4. The zero-order valence-electron chi connectivity index (χ0n) is 22.7. The Hall–Kier alpha value is -3.72. The van der Waals surface area contributed by atoms with Gasteiger partial charge in [-0.25, -0.2) is 9.78 Å². The summed E-state index contributed by atoms with van der Waals surface area (Å²) < 4.78 is 0. The second-order valence-corrected chi connectivity index (χ2v) is 9.45. The number of aliphatic carboxylic acids is 1. The van der Waals surface area contributed by atoms with E-state index in [1.54, 1.807) is 13.1 Å². The molecule has 5 unspecified atom stereocenters. The van der Waals surface area contributed by atoms with Gasteiger partial charge in [-0.1, -0.05) is 20.3 Å². The number of unbranched alkanes of at least 4 members (excludes halogenated alkanes) is 1. The van der Waals surface area contributed by atoms with E-state index in [2.05, 4.69) is 30.9 Å². The lowest BCUT2D eigenvalue weighted by molar-refractivity contribution is -0.144. The third kappa shape index (κ3) is 12.6. The van der Waals surface area contributed by atoms with Gasteiger partial charge in [0.15, 0.2) is 5.96 Å². The van der Waals surface area contributed by atoms with Gasteiger partial charge in [0.2, 0.25) is 17.7 Å². The second kappa shape index (κ2) is 17.7. The van der Waals surface area contributed by atoms with Crippen molar-refractivity contribution in [1.82, 2.24) is 25.9 Å². The molecule has 0 radical (unpaired) electrons. The number of carbonyl (C=O) groups is 4. The van der Waals surface area contributed by atoms with Crippen LogP contribution in [0.5, 0.6) is 0 Å². The van der Waals surface area contributed by atoms with Crippen molar-refractivity contribution in [1.29, 1.82) is 0 Å². The monoisotopic (exact) mass is 552 g/mol. The maximum absolute atomic E-state index is 13.3. The van der Waals surface area contributed by atoms with E-state index in [1.807, 2.05) is 6.92 Å². The minimum absolute atomic E-state index is 0.114. The molecule has 0 saturated carbocycles. The van der Waals surface area contributed by atoms with E-state index < -0.39 is 47.9 Å². The molecule has 0 aliphatic carbocycles. The summed E-state index contributed by atoms with van der Waals surface area (Å²) in [6.07, 6.45) is 5.61. The number of aromatic nitrogens is 2. The van der Waals surface area contributed by atoms with Crippen molar-refractivity contribution in [2.24, 2.45) is 33.8 Å². The predicted octanol–water partition coefficient (Wildman–Crippen LogP) is -1.95. The Morgan fingerprint density at radius 3 is 2.18 bits per heavy atom. The van der Waals surface area contributed by atoms with Gasteiger partial charge in [0.05, 0.1) is 12.4 Å². The smallest absolute Gasteiger partial charge is 0.326 e. The van der Waals surface area contributed by atoms with Gasteiger partial charge in [-0.15, -0.1) is 0 Å². The first-order valence-corrected chi connectivity index (χ1v) is 13.1. The summed E-state index contributed by atoms with van der Waals surface area (Å²) in [7, 11) is 0. The first kappa shape index (κ1) is 33.3. The summed E-state index contributed by atoms with van der Waals surface area (Å²) in [5.41, 5.74) is 23.0. The summed E-state index contributed by atoms with van der Waals surface area (Å²) in [6.45, 7) is 4.13. The number of carbonyl (C=O) groups excluding carboxylic acids is 3. The van der Waals surface area contributed by atoms with Gasteiger partial charge in [0.25, 0.3) is 0 Å². The normalized spacial score (nSPS) is 14.8. The van der Waals surface area contributed by atoms with E-state index in [1.165, 1.54) is 6.33 Å². The number of imidazole rings is 1. The van der Waals surface area contributed by atoms with Gasteiger partial charge in [-0.2, -0.15) is 0 Å². The molecular formula is C24H44N10O5. The molecule has 0 bridgehead atoms. The average molecular weight is 553 g/mol. The SMILES string of the molecule is CCC(C)C(NC(=O)C(CCCN=C(N)N)NC(=O)C(CCCCN)NC(=O)C(N)Cc1cnc[nH]1)C(=O)O. The lowest BCUT2D eigenvalue weighted by Crippen LogP contribution is -2.57. The molecule has 220 valence electrons. The number of carboxylic acids is 1. The summed E-state index contributed by atoms with van der Waals surface area (Å²) >= 11 is 0. The van der Waals surface area contributed by atoms with Crippen molar-refractivity contribution < 1.29 is 24.3 Å². The zero-order chi connectivity index (χ0) is 29.4. The lowest BCUT2D eigenvalue weighted by atomic mass is 9.98. The van der Waals surface area contributed by atoms with Gasteiger partial charge < -0.3 is 49.0 Å². The van der Waals surface area contributed by atoms with Crippen molar-refractivity contribution >= 4 is 29.7 Å². The number of H-pyrrole nitrogens is 1. The highest BCUT2D eigenvalue weighted by Gasteiger charge is 2.31. The van der Waals surface area contributed by atoms with Crippen molar-refractivity contribution in [3.05, 3.63) is 18.2 Å². The standard InChI is InChI=1S/C24H44N10O5/c1-3-14(2)19(23(38)39)34-22(37)18(8-6-10-30-24(27)28)33-21(36)17(7-4-5-9-25)32-20(35)16(26)11-15-12-29-13-31-15/h12-14,16-19H,3-11,25-26H2,1-2H3,(H,29,31)(H,32,35)(H,33,36)(H,34,37)(H,38,39)(H4,27,28,30). The van der Waals surface area contributed by atoms with Crippen LogP contribution < -0.4 is 38.9 Å². The molecule has 3 amide bonds. The molecule has 5 atom stereocenters. The maximum atomic E-state index is 13.3. The molecule has 13 N–H and O–H groups in total. The van der Waals surface area contributed by atoms with Gasteiger partial charge in [0, 0.05) is 24.9 Å².